The monoisotopic (exact) mass is 471 g/mol. The van der Waals surface area contributed by atoms with Crippen LogP contribution in [0.25, 0.3) is 0 Å². The van der Waals surface area contributed by atoms with Crippen molar-refractivity contribution in [3.05, 3.63) is 71.0 Å². The number of carbonyl (C=O) groups is 1. The van der Waals surface area contributed by atoms with Gasteiger partial charge in [0.25, 0.3) is 0 Å². The first-order valence-electron chi connectivity index (χ1n) is 10.3. The highest BCUT2D eigenvalue weighted by Gasteiger charge is 2.19. The van der Waals surface area contributed by atoms with Crippen molar-refractivity contribution in [3.8, 4) is 0 Å². The van der Waals surface area contributed by atoms with E-state index in [4.69, 9.17) is 11.6 Å². The molecule has 4 rings (SSSR count). The minimum Gasteiger partial charge on any atom is -0.368 e. The molecule has 0 atom stereocenters. The first-order chi connectivity index (χ1) is 15.5. The quantitative estimate of drug-likeness (QED) is 0.529. The molecule has 0 spiro atoms. The third kappa shape index (κ3) is 5.69. The maximum absolute atomic E-state index is 13.4. The Balaban J connectivity index is 1.27. The number of hydrogen-bond acceptors (Lipinski definition) is 6. The summed E-state index contributed by atoms with van der Waals surface area (Å²) < 4.78 is 13.4. The van der Waals surface area contributed by atoms with Gasteiger partial charge in [-0.3, -0.25) is 4.79 Å². The molecule has 6 nitrogen and oxygen atoms in total. The fraction of sp³-hybridized carbons (Fsp3) is 0.261. The number of carbonyl (C=O) groups excluding carboxylic acids is 1. The summed E-state index contributed by atoms with van der Waals surface area (Å²) in [5.74, 6) is 0.391. The molecule has 1 aromatic heterocycles. The Kier molecular flexibility index (Phi) is 7.12. The number of hydrogen-bond donors (Lipinski definition) is 1. The molecule has 2 aromatic carbocycles. The van der Waals surface area contributed by atoms with Crippen LogP contribution >= 0.6 is 23.4 Å². The molecule has 1 amide bonds. The third-order valence-electron chi connectivity index (χ3n) is 5.23. The fourth-order valence-electron chi connectivity index (χ4n) is 3.48. The lowest BCUT2D eigenvalue weighted by atomic mass is 10.2. The number of aryl methyl sites for hydroxylation is 1. The summed E-state index contributed by atoms with van der Waals surface area (Å²) in [6, 6.07) is 16.0. The molecular weight excluding hydrogens is 449 g/mol. The average Bonchev–Trinajstić information content (AvgIpc) is 2.81. The summed E-state index contributed by atoms with van der Waals surface area (Å²) in [4.78, 5) is 16.7. The van der Waals surface area contributed by atoms with E-state index in [9.17, 15) is 9.18 Å². The maximum atomic E-state index is 13.4. The minimum atomic E-state index is -0.381. The van der Waals surface area contributed by atoms with Gasteiger partial charge in [-0.2, -0.15) is 0 Å². The van der Waals surface area contributed by atoms with E-state index in [1.165, 1.54) is 23.9 Å². The Labute approximate surface area is 195 Å². The molecule has 1 aliphatic rings. The van der Waals surface area contributed by atoms with E-state index >= 15 is 0 Å². The molecule has 1 aliphatic heterocycles. The molecule has 0 bridgehead atoms. The number of thioether (sulfide) groups is 1. The first-order valence-corrected chi connectivity index (χ1v) is 11.6. The largest absolute Gasteiger partial charge is 0.368 e. The lowest BCUT2D eigenvalue weighted by Gasteiger charge is -2.36. The van der Waals surface area contributed by atoms with E-state index in [1.807, 2.05) is 37.3 Å². The molecule has 1 saturated heterocycles. The predicted molar refractivity (Wildman–Crippen MR) is 128 cm³/mol. The maximum Gasteiger partial charge on any atom is 0.234 e. The number of amides is 1. The molecule has 0 unspecified atom stereocenters. The van der Waals surface area contributed by atoms with Crippen LogP contribution in [0.4, 0.5) is 21.6 Å². The Morgan fingerprint density at radius 3 is 2.56 bits per heavy atom. The zero-order valence-electron chi connectivity index (χ0n) is 17.6. The van der Waals surface area contributed by atoms with E-state index in [-0.39, 0.29) is 17.5 Å². The van der Waals surface area contributed by atoms with Gasteiger partial charge < -0.3 is 15.1 Å². The zero-order valence-corrected chi connectivity index (χ0v) is 19.2. The Bertz CT molecular complexity index is 1090. The van der Waals surface area contributed by atoms with Gasteiger partial charge in [0, 0.05) is 42.6 Å². The second-order valence-electron chi connectivity index (χ2n) is 7.48. The molecule has 1 fully saturated rings. The molecule has 0 aliphatic carbocycles. The lowest BCUT2D eigenvalue weighted by molar-refractivity contribution is -0.113. The van der Waals surface area contributed by atoms with Crippen molar-refractivity contribution in [1.82, 2.24) is 10.2 Å². The van der Waals surface area contributed by atoms with Crippen LogP contribution in [0.15, 0.2) is 59.6 Å². The SMILES string of the molecule is Cc1ccc(F)cc1NC(=O)CSc1ccc(N2CCN(c3cccc(Cl)c3)CC2)nn1. The number of aromatic nitrogens is 2. The fourth-order valence-corrected chi connectivity index (χ4v) is 4.28. The number of rotatable bonds is 6. The van der Waals surface area contributed by atoms with Gasteiger partial charge in [-0.05, 0) is 55.0 Å². The zero-order chi connectivity index (χ0) is 22.5. The number of benzene rings is 2. The van der Waals surface area contributed by atoms with Gasteiger partial charge in [-0.15, -0.1) is 10.2 Å². The molecule has 9 heteroatoms. The van der Waals surface area contributed by atoms with Crippen molar-refractivity contribution in [3.63, 3.8) is 0 Å². The second-order valence-corrected chi connectivity index (χ2v) is 8.91. The van der Waals surface area contributed by atoms with Crippen LogP contribution in [0.1, 0.15) is 5.56 Å². The topological polar surface area (TPSA) is 61.4 Å². The number of anilines is 3. The molecule has 166 valence electrons. The van der Waals surface area contributed by atoms with Crippen LogP contribution in [-0.2, 0) is 4.79 Å². The van der Waals surface area contributed by atoms with Crippen LogP contribution < -0.4 is 15.1 Å². The van der Waals surface area contributed by atoms with Gasteiger partial charge in [0.15, 0.2) is 5.82 Å². The molecule has 0 radical (unpaired) electrons. The van der Waals surface area contributed by atoms with Gasteiger partial charge in [0.1, 0.15) is 10.8 Å². The van der Waals surface area contributed by atoms with Crippen molar-refractivity contribution >= 4 is 46.5 Å². The normalized spacial score (nSPS) is 13.8. The van der Waals surface area contributed by atoms with E-state index < -0.39 is 0 Å². The van der Waals surface area contributed by atoms with Crippen molar-refractivity contribution in [2.24, 2.45) is 0 Å². The van der Waals surface area contributed by atoms with Crippen LogP contribution in [0.2, 0.25) is 5.02 Å². The summed E-state index contributed by atoms with van der Waals surface area (Å²) in [5.41, 5.74) is 2.42. The molecule has 32 heavy (non-hydrogen) atoms. The summed E-state index contributed by atoms with van der Waals surface area (Å²) in [6.07, 6.45) is 0. The Morgan fingerprint density at radius 1 is 1.06 bits per heavy atom. The van der Waals surface area contributed by atoms with Crippen molar-refractivity contribution in [1.29, 1.82) is 0 Å². The van der Waals surface area contributed by atoms with Gasteiger partial charge in [-0.25, -0.2) is 4.39 Å². The highest BCUT2D eigenvalue weighted by Crippen LogP contribution is 2.23. The number of nitrogens with zero attached hydrogens (tertiary/aromatic N) is 4. The molecular formula is C23H23ClFN5OS. The second kappa shape index (κ2) is 10.2. The number of piperazine rings is 1. The van der Waals surface area contributed by atoms with Gasteiger partial charge in [0.05, 0.1) is 5.75 Å². The van der Waals surface area contributed by atoms with Crippen molar-refractivity contribution in [2.45, 2.75) is 11.9 Å². The van der Waals surface area contributed by atoms with Crippen molar-refractivity contribution in [2.75, 3.05) is 47.0 Å². The minimum absolute atomic E-state index is 0.169. The highest BCUT2D eigenvalue weighted by molar-refractivity contribution is 7.99. The van der Waals surface area contributed by atoms with Crippen LogP contribution in [0.3, 0.4) is 0 Å². The van der Waals surface area contributed by atoms with Crippen molar-refractivity contribution < 1.29 is 9.18 Å². The standard InChI is InChI=1S/C23H23ClFN5OS/c1-16-5-6-18(25)14-20(16)26-22(31)15-32-23-8-7-21(27-28-23)30-11-9-29(10-12-30)19-4-2-3-17(24)13-19/h2-8,13-14H,9-12,15H2,1H3,(H,26,31). The predicted octanol–water partition coefficient (Wildman–Crippen LogP) is 4.63. The van der Waals surface area contributed by atoms with Gasteiger partial charge >= 0.3 is 0 Å². The smallest absolute Gasteiger partial charge is 0.234 e. The summed E-state index contributed by atoms with van der Waals surface area (Å²) in [5, 5.41) is 12.7. The van der Waals surface area contributed by atoms with Crippen LogP contribution in [0.5, 0.6) is 0 Å². The third-order valence-corrected chi connectivity index (χ3v) is 6.38. The van der Waals surface area contributed by atoms with Crippen LogP contribution in [-0.4, -0.2) is 48.0 Å². The van der Waals surface area contributed by atoms with E-state index in [2.05, 4.69) is 31.4 Å². The van der Waals surface area contributed by atoms with Gasteiger partial charge in [-0.1, -0.05) is 35.5 Å². The number of halogens is 2. The number of nitrogens with one attached hydrogen (secondary N) is 1. The lowest BCUT2D eigenvalue weighted by Crippen LogP contribution is -2.46. The molecule has 3 aromatic rings. The van der Waals surface area contributed by atoms with E-state index in [1.54, 1.807) is 6.07 Å². The van der Waals surface area contributed by atoms with Gasteiger partial charge in [0.2, 0.25) is 5.91 Å². The molecule has 0 saturated carbocycles. The summed E-state index contributed by atoms with van der Waals surface area (Å²) >= 11 is 7.40. The Morgan fingerprint density at radius 2 is 1.84 bits per heavy atom. The highest BCUT2D eigenvalue weighted by atomic mass is 35.5. The van der Waals surface area contributed by atoms with Crippen LogP contribution in [0, 0.1) is 12.7 Å². The summed E-state index contributed by atoms with van der Waals surface area (Å²) in [7, 11) is 0. The van der Waals surface area contributed by atoms with E-state index in [0.717, 1.165) is 48.3 Å². The Hall–Kier alpha value is -2.84. The molecule has 2 heterocycles. The molecule has 1 N–H and O–H groups in total. The average molecular weight is 472 g/mol. The first kappa shape index (κ1) is 22.4. The summed E-state index contributed by atoms with van der Waals surface area (Å²) in [6.45, 7) is 5.24. The van der Waals surface area contributed by atoms with E-state index in [0.29, 0.717) is 10.7 Å².